The molecule has 0 aliphatic carbocycles. The molecular weight excluding hydrogens is 484 g/mol. The summed E-state index contributed by atoms with van der Waals surface area (Å²) in [5.41, 5.74) is -0.0808. The van der Waals surface area contributed by atoms with Crippen molar-refractivity contribution in [3.8, 4) is 5.75 Å². The highest BCUT2D eigenvalue weighted by Crippen LogP contribution is 2.18. The number of benzene rings is 1. The van der Waals surface area contributed by atoms with Gasteiger partial charge in [0.1, 0.15) is 18.5 Å². The zero-order valence-electron chi connectivity index (χ0n) is 14.5. The largest absolute Gasteiger partial charge is 0.491 e. The monoisotopic (exact) mass is 506 g/mol. The maximum absolute atomic E-state index is 12.1. The van der Waals surface area contributed by atoms with E-state index >= 15 is 0 Å². The first-order chi connectivity index (χ1) is 12.2. The third-order valence-corrected chi connectivity index (χ3v) is 3.00. The molecule has 8 nitrogen and oxygen atoms in total. The Morgan fingerprint density at radius 1 is 1.33 bits per heavy atom. The number of nitrogens with one attached hydrogen (secondary N) is 2. The van der Waals surface area contributed by atoms with Crippen LogP contribution in [0.1, 0.15) is 13.3 Å². The average Bonchev–Trinajstić information content (AvgIpc) is 2.57. The van der Waals surface area contributed by atoms with E-state index in [1.165, 1.54) is 24.3 Å². The second-order valence-corrected chi connectivity index (χ2v) is 5.23. The van der Waals surface area contributed by atoms with Crippen LogP contribution in [0.15, 0.2) is 29.3 Å². The molecule has 0 heterocycles. The lowest BCUT2D eigenvalue weighted by atomic mass is 10.3. The fourth-order valence-corrected chi connectivity index (χ4v) is 1.77. The Morgan fingerprint density at radius 2 is 1.96 bits per heavy atom. The second-order valence-electron chi connectivity index (χ2n) is 5.23. The maximum Gasteiger partial charge on any atom is 0.390 e. The molecule has 0 aromatic heterocycles. The number of nitro benzene ring substituents is 1. The van der Waals surface area contributed by atoms with Crippen LogP contribution >= 0.6 is 24.0 Å². The molecule has 0 bridgehead atoms. The van der Waals surface area contributed by atoms with Gasteiger partial charge in [-0.3, -0.25) is 15.1 Å². The minimum atomic E-state index is -4.26. The normalized spacial score (nSPS) is 12.7. The van der Waals surface area contributed by atoms with Gasteiger partial charge < -0.3 is 20.5 Å². The van der Waals surface area contributed by atoms with Gasteiger partial charge in [0.15, 0.2) is 5.96 Å². The van der Waals surface area contributed by atoms with Crippen molar-refractivity contribution >= 4 is 35.6 Å². The lowest BCUT2D eigenvalue weighted by Gasteiger charge is -2.14. The minimum Gasteiger partial charge on any atom is -0.491 e. The Morgan fingerprint density at radius 3 is 2.48 bits per heavy atom. The molecule has 0 saturated heterocycles. The quantitative estimate of drug-likeness (QED) is 0.156. The number of nitrogens with zero attached hydrogens (tertiary/aromatic N) is 2. The lowest BCUT2D eigenvalue weighted by molar-refractivity contribution is -0.384. The molecule has 0 aliphatic rings. The molecule has 0 fully saturated rings. The van der Waals surface area contributed by atoms with Gasteiger partial charge in [-0.2, -0.15) is 13.2 Å². The van der Waals surface area contributed by atoms with Crippen LogP contribution in [-0.2, 0) is 0 Å². The van der Waals surface area contributed by atoms with Crippen molar-refractivity contribution in [3.63, 3.8) is 0 Å². The summed E-state index contributed by atoms with van der Waals surface area (Å²) in [6.45, 7) is 1.67. The predicted molar refractivity (Wildman–Crippen MR) is 105 cm³/mol. The molecule has 0 amide bonds. The molecule has 1 rings (SSSR count). The van der Waals surface area contributed by atoms with Gasteiger partial charge in [0.2, 0.25) is 0 Å². The topological polar surface area (TPSA) is 109 Å². The number of nitro groups is 1. The number of aliphatic imine (C=N–C) groups is 1. The number of non-ortho nitro benzene ring substituents is 1. The van der Waals surface area contributed by atoms with E-state index in [0.29, 0.717) is 12.3 Å². The van der Waals surface area contributed by atoms with Crippen LogP contribution in [0.2, 0.25) is 0 Å². The minimum absolute atomic E-state index is 0. The van der Waals surface area contributed by atoms with E-state index in [4.69, 9.17) is 4.74 Å². The Balaban J connectivity index is 0.00000676. The molecule has 0 spiro atoms. The molecule has 0 radical (unpaired) electrons. The van der Waals surface area contributed by atoms with E-state index in [1.54, 1.807) is 6.92 Å². The van der Waals surface area contributed by atoms with Crippen LogP contribution < -0.4 is 15.4 Å². The van der Waals surface area contributed by atoms with Crippen LogP contribution in [0.5, 0.6) is 5.75 Å². The van der Waals surface area contributed by atoms with Crippen LogP contribution in [0, 0.1) is 10.1 Å². The molecule has 1 aromatic carbocycles. The summed E-state index contributed by atoms with van der Waals surface area (Å²) >= 11 is 0. The fourth-order valence-electron chi connectivity index (χ4n) is 1.77. The summed E-state index contributed by atoms with van der Waals surface area (Å²) in [6.07, 6.45) is -6.26. The van der Waals surface area contributed by atoms with Gasteiger partial charge in [-0.1, -0.05) is 0 Å². The van der Waals surface area contributed by atoms with Gasteiger partial charge in [-0.15, -0.1) is 24.0 Å². The molecule has 3 N–H and O–H groups in total. The molecular formula is C15H22F3IN4O4. The van der Waals surface area contributed by atoms with Crippen molar-refractivity contribution in [3.05, 3.63) is 34.4 Å². The average molecular weight is 506 g/mol. The number of hydrogen-bond donors (Lipinski definition) is 3. The molecule has 27 heavy (non-hydrogen) atoms. The van der Waals surface area contributed by atoms with Crippen molar-refractivity contribution in [1.82, 2.24) is 10.6 Å². The van der Waals surface area contributed by atoms with E-state index in [2.05, 4.69) is 15.6 Å². The summed E-state index contributed by atoms with van der Waals surface area (Å²) in [7, 11) is 0. The highest BCUT2D eigenvalue weighted by molar-refractivity contribution is 14.0. The summed E-state index contributed by atoms with van der Waals surface area (Å²) in [6, 6.07) is 5.34. The van der Waals surface area contributed by atoms with E-state index in [-0.39, 0.29) is 55.3 Å². The number of aliphatic hydroxyl groups is 1. The number of alkyl halides is 3. The van der Waals surface area contributed by atoms with Gasteiger partial charge in [-0.05, 0) is 19.1 Å². The van der Waals surface area contributed by atoms with Gasteiger partial charge in [0, 0.05) is 25.2 Å². The SMILES string of the molecule is CCNC(=NCC(O)COc1ccc([N+](=O)[O-])cc1)NCCC(F)(F)F.I. The predicted octanol–water partition coefficient (Wildman–Crippen LogP) is 2.46. The van der Waals surface area contributed by atoms with Crippen molar-refractivity contribution in [2.75, 3.05) is 26.2 Å². The van der Waals surface area contributed by atoms with Crippen molar-refractivity contribution in [1.29, 1.82) is 0 Å². The Hall–Kier alpha value is -1.83. The van der Waals surface area contributed by atoms with E-state index in [9.17, 15) is 28.4 Å². The Labute approximate surface area is 171 Å². The molecule has 1 atom stereocenters. The van der Waals surface area contributed by atoms with Crippen molar-refractivity contribution in [2.45, 2.75) is 25.6 Å². The molecule has 0 saturated carbocycles. The van der Waals surface area contributed by atoms with Crippen LogP contribution in [0.4, 0.5) is 18.9 Å². The molecule has 1 unspecified atom stereocenters. The summed E-state index contributed by atoms with van der Waals surface area (Å²) < 4.78 is 41.7. The maximum atomic E-state index is 12.1. The van der Waals surface area contributed by atoms with Gasteiger partial charge in [0.25, 0.3) is 5.69 Å². The fraction of sp³-hybridized carbons (Fsp3) is 0.533. The van der Waals surface area contributed by atoms with Crippen LogP contribution in [0.3, 0.4) is 0 Å². The number of aliphatic hydroxyl groups excluding tert-OH is 1. The van der Waals surface area contributed by atoms with Crippen LogP contribution in [0.25, 0.3) is 0 Å². The third kappa shape index (κ3) is 11.5. The Kier molecular flexibility index (Phi) is 11.7. The Bertz CT molecular complexity index is 600. The second kappa shape index (κ2) is 12.5. The number of guanidine groups is 1. The summed E-state index contributed by atoms with van der Waals surface area (Å²) in [4.78, 5) is 14.0. The van der Waals surface area contributed by atoms with E-state index in [0.717, 1.165) is 0 Å². The van der Waals surface area contributed by atoms with E-state index in [1.807, 2.05) is 0 Å². The highest BCUT2D eigenvalue weighted by atomic mass is 127. The first kappa shape index (κ1) is 25.2. The zero-order chi connectivity index (χ0) is 19.6. The number of halogens is 4. The summed E-state index contributed by atoms with van der Waals surface area (Å²) in [5.74, 6) is 0.500. The van der Waals surface area contributed by atoms with Crippen LogP contribution in [-0.4, -0.2) is 54.5 Å². The van der Waals surface area contributed by atoms with Crippen molar-refractivity contribution in [2.24, 2.45) is 4.99 Å². The molecule has 0 aliphatic heterocycles. The van der Waals surface area contributed by atoms with Gasteiger partial charge >= 0.3 is 6.18 Å². The number of rotatable bonds is 9. The first-order valence-electron chi connectivity index (χ1n) is 7.85. The first-order valence-corrected chi connectivity index (χ1v) is 7.85. The van der Waals surface area contributed by atoms with Gasteiger partial charge in [0.05, 0.1) is 17.9 Å². The standard InChI is InChI=1S/C15H21F3N4O4.HI/c1-2-19-14(20-8-7-15(16,17)18)21-9-12(23)10-26-13-5-3-11(4-6-13)22(24)25;/h3-6,12,23H,2,7-10H2,1H3,(H2,19,20,21);1H. The lowest BCUT2D eigenvalue weighted by Crippen LogP contribution is -2.39. The third-order valence-electron chi connectivity index (χ3n) is 3.00. The number of hydrogen-bond acceptors (Lipinski definition) is 5. The van der Waals surface area contributed by atoms with Gasteiger partial charge in [-0.25, -0.2) is 0 Å². The highest BCUT2D eigenvalue weighted by Gasteiger charge is 2.26. The smallest absolute Gasteiger partial charge is 0.390 e. The number of ether oxygens (including phenoxy) is 1. The molecule has 154 valence electrons. The van der Waals surface area contributed by atoms with Crippen molar-refractivity contribution < 1.29 is 27.9 Å². The zero-order valence-corrected chi connectivity index (χ0v) is 16.9. The van der Waals surface area contributed by atoms with E-state index < -0.39 is 23.6 Å². The molecule has 1 aromatic rings. The molecule has 12 heteroatoms. The summed E-state index contributed by atoms with van der Waals surface area (Å²) in [5, 5.41) is 25.7.